The van der Waals surface area contributed by atoms with Gasteiger partial charge in [-0.15, -0.1) is 0 Å². The van der Waals surface area contributed by atoms with Gasteiger partial charge in [-0.05, 0) is 27.7 Å². The van der Waals surface area contributed by atoms with Crippen LogP contribution >= 0.6 is 0 Å². The number of nitrogens with zero attached hydrogens (tertiary/aromatic N) is 5. The number of sulfonamides is 1. The number of rotatable bonds is 5. The van der Waals surface area contributed by atoms with Gasteiger partial charge in [0.1, 0.15) is 4.90 Å². The molecule has 0 atom stereocenters. The maximum atomic E-state index is 12.9. The van der Waals surface area contributed by atoms with Crippen molar-refractivity contribution >= 4 is 10.0 Å². The second-order valence-electron chi connectivity index (χ2n) is 5.76. The zero-order chi connectivity index (χ0) is 18.4. The first-order valence-corrected chi connectivity index (χ1v) is 8.71. The Morgan fingerprint density at radius 3 is 2.08 bits per heavy atom. The van der Waals surface area contributed by atoms with Crippen LogP contribution in [0.2, 0.25) is 0 Å². The molecular weight excluding hydrogens is 340 g/mol. The van der Waals surface area contributed by atoms with Gasteiger partial charge in [-0.2, -0.15) is 23.3 Å². The quantitative estimate of drug-likeness (QED) is 0.817. The predicted molar refractivity (Wildman–Crippen MR) is 84.3 cm³/mol. The molecule has 0 fully saturated rings. The smallest absolute Gasteiger partial charge is 0.272 e. The van der Waals surface area contributed by atoms with Crippen LogP contribution in [0, 0.1) is 27.7 Å². The summed E-state index contributed by atoms with van der Waals surface area (Å²) >= 11 is 0. The molecule has 2 heterocycles. The number of hydrogen-bond donors (Lipinski definition) is 0. The van der Waals surface area contributed by atoms with E-state index < -0.39 is 16.6 Å². The van der Waals surface area contributed by atoms with E-state index in [1.165, 1.54) is 20.9 Å². The summed E-state index contributed by atoms with van der Waals surface area (Å²) in [5, 5.41) is 7.91. The molecule has 0 saturated carbocycles. The van der Waals surface area contributed by atoms with Crippen molar-refractivity contribution in [3.63, 3.8) is 0 Å². The fourth-order valence-electron chi connectivity index (χ4n) is 2.72. The van der Waals surface area contributed by atoms with Gasteiger partial charge in [0.25, 0.3) is 0 Å². The van der Waals surface area contributed by atoms with Gasteiger partial charge in [-0.3, -0.25) is 4.68 Å². The molecule has 0 aliphatic rings. The zero-order valence-corrected chi connectivity index (χ0v) is 15.3. The van der Waals surface area contributed by atoms with Crippen LogP contribution in [0.3, 0.4) is 0 Å². The molecule has 0 unspecified atom stereocenters. The molecule has 0 saturated heterocycles. The minimum absolute atomic E-state index is 0.0549. The van der Waals surface area contributed by atoms with Crippen molar-refractivity contribution < 1.29 is 17.2 Å². The van der Waals surface area contributed by atoms with Crippen LogP contribution in [-0.4, -0.2) is 39.3 Å². The summed E-state index contributed by atoms with van der Waals surface area (Å²) in [7, 11) is -0.760. The highest BCUT2D eigenvalue weighted by atomic mass is 32.2. The van der Waals surface area contributed by atoms with Crippen molar-refractivity contribution in [1.29, 1.82) is 0 Å². The standard InChI is InChI=1S/C14H21F2N5O2S/c1-8-12(10(3)20(6)17-8)7-19(5)24(22,23)13-9(2)18-21(11(13)4)14(15)16/h14H,7H2,1-6H3. The lowest BCUT2D eigenvalue weighted by molar-refractivity contribution is 0.0538. The number of aromatic nitrogens is 4. The van der Waals surface area contributed by atoms with Gasteiger partial charge >= 0.3 is 6.55 Å². The monoisotopic (exact) mass is 361 g/mol. The van der Waals surface area contributed by atoms with Crippen LogP contribution in [0.5, 0.6) is 0 Å². The van der Waals surface area contributed by atoms with Crippen molar-refractivity contribution in [1.82, 2.24) is 23.9 Å². The van der Waals surface area contributed by atoms with E-state index in [0.29, 0.717) is 4.68 Å². The lowest BCUT2D eigenvalue weighted by Crippen LogP contribution is -2.28. The summed E-state index contributed by atoms with van der Waals surface area (Å²) in [5.74, 6) is 0. The largest absolute Gasteiger partial charge is 0.333 e. The lowest BCUT2D eigenvalue weighted by atomic mass is 10.2. The number of halogens is 2. The normalized spacial score (nSPS) is 12.6. The van der Waals surface area contributed by atoms with E-state index in [9.17, 15) is 17.2 Å². The van der Waals surface area contributed by atoms with Gasteiger partial charge in [0.15, 0.2) is 0 Å². The molecule has 0 aliphatic carbocycles. The molecule has 10 heteroatoms. The van der Waals surface area contributed by atoms with Crippen LogP contribution < -0.4 is 0 Å². The molecule has 2 rings (SSSR count). The fourth-order valence-corrected chi connectivity index (χ4v) is 4.21. The first-order chi connectivity index (χ1) is 11.0. The highest BCUT2D eigenvalue weighted by molar-refractivity contribution is 7.89. The molecule has 134 valence electrons. The third kappa shape index (κ3) is 2.95. The van der Waals surface area contributed by atoms with Gasteiger partial charge in [-0.25, -0.2) is 13.1 Å². The second-order valence-corrected chi connectivity index (χ2v) is 7.74. The predicted octanol–water partition coefficient (Wildman–Crippen LogP) is 2.07. The van der Waals surface area contributed by atoms with Gasteiger partial charge < -0.3 is 0 Å². The summed E-state index contributed by atoms with van der Waals surface area (Å²) in [6.07, 6.45) is 0. The zero-order valence-electron chi connectivity index (χ0n) is 14.5. The Morgan fingerprint density at radius 2 is 1.67 bits per heavy atom. The molecule has 2 aromatic rings. The van der Waals surface area contributed by atoms with Crippen molar-refractivity contribution in [2.24, 2.45) is 7.05 Å². The fraction of sp³-hybridized carbons (Fsp3) is 0.571. The summed E-state index contributed by atoms with van der Waals surface area (Å²) < 4.78 is 54.8. The van der Waals surface area contributed by atoms with E-state index in [4.69, 9.17) is 0 Å². The molecule has 0 aliphatic heterocycles. The third-order valence-electron chi connectivity index (χ3n) is 4.15. The molecule has 0 radical (unpaired) electrons. The SMILES string of the molecule is Cc1nn(C)c(C)c1CN(C)S(=O)(=O)c1c(C)nn(C(F)F)c1C. The molecule has 2 aromatic heterocycles. The first kappa shape index (κ1) is 18.5. The average molecular weight is 361 g/mol. The summed E-state index contributed by atoms with van der Waals surface area (Å²) in [4.78, 5) is -0.176. The second kappa shape index (κ2) is 6.25. The van der Waals surface area contributed by atoms with Gasteiger partial charge in [-0.1, -0.05) is 0 Å². The Kier molecular flexibility index (Phi) is 4.82. The van der Waals surface area contributed by atoms with E-state index >= 15 is 0 Å². The van der Waals surface area contributed by atoms with E-state index in [0.717, 1.165) is 21.3 Å². The Morgan fingerprint density at radius 1 is 1.08 bits per heavy atom. The molecule has 7 nitrogen and oxygen atoms in total. The molecular formula is C14H21F2N5O2S. The molecule has 0 bridgehead atoms. The number of aryl methyl sites for hydroxylation is 3. The van der Waals surface area contributed by atoms with E-state index in [2.05, 4.69) is 10.2 Å². The van der Waals surface area contributed by atoms with Crippen LogP contribution in [0.1, 0.15) is 34.9 Å². The number of alkyl halides is 2. The first-order valence-electron chi connectivity index (χ1n) is 7.27. The highest BCUT2D eigenvalue weighted by Gasteiger charge is 2.31. The Balaban J connectivity index is 2.44. The van der Waals surface area contributed by atoms with Crippen molar-refractivity contribution in [3.8, 4) is 0 Å². The molecule has 0 N–H and O–H groups in total. The minimum Gasteiger partial charge on any atom is -0.272 e. The van der Waals surface area contributed by atoms with Crippen LogP contribution in [0.25, 0.3) is 0 Å². The number of hydrogen-bond acceptors (Lipinski definition) is 4. The Hall–Kier alpha value is -1.81. The molecule has 0 aromatic carbocycles. The van der Waals surface area contributed by atoms with Crippen molar-refractivity contribution in [2.45, 2.75) is 45.7 Å². The van der Waals surface area contributed by atoms with Gasteiger partial charge in [0, 0.05) is 31.9 Å². The maximum Gasteiger partial charge on any atom is 0.333 e. The molecule has 0 spiro atoms. The molecule has 24 heavy (non-hydrogen) atoms. The minimum atomic E-state index is -3.96. The Labute approximate surface area is 139 Å². The van der Waals surface area contributed by atoms with Crippen LogP contribution in [0.4, 0.5) is 8.78 Å². The van der Waals surface area contributed by atoms with E-state index in [-0.39, 0.29) is 22.8 Å². The third-order valence-corrected chi connectivity index (χ3v) is 6.21. The summed E-state index contributed by atoms with van der Waals surface area (Å²) in [6.45, 7) is 3.60. The van der Waals surface area contributed by atoms with Gasteiger partial charge in [0.2, 0.25) is 10.0 Å². The van der Waals surface area contributed by atoms with Crippen molar-refractivity contribution in [3.05, 3.63) is 28.3 Å². The van der Waals surface area contributed by atoms with E-state index in [1.807, 2.05) is 6.92 Å². The van der Waals surface area contributed by atoms with Crippen LogP contribution in [0.15, 0.2) is 4.90 Å². The Bertz CT molecular complexity index is 870. The topological polar surface area (TPSA) is 73.0 Å². The van der Waals surface area contributed by atoms with Crippen LogP contribution in [-0.2, 0) is 23.6 Å². The molecule has 0 amide bonds. The highest BCUT2D eigenvalue weighted by Crippen LogP contribution is 2.27. The van der Waals surface area contributed by atoms with E-state index in [1.54, 1.807) is 18.7 Å². The maximum absolute atomic E-state index is 12.9. The van der Waals surface area contributed by atoms with Gasteiger partial charge in [0.05, 0.1) is 17.1 Å². The summed E-state index contributed by atoms with van der Waals surface area (Å²) in [6, 6.07) is 0. The summed E-state index contributed by atoms with van der Waals surface area (Å²) in [5.41, 5.74) is 2.36. The van der Waals surface area contributed by atoms with Crippen molar-refractivity contribution in [2.75, 3.05) is 7.05 Å². The average Bonchev–Trinajstić information content (AvgIpc) is 2.89. The lowest BCUT2D eigenvalue weighted by Gasteiger charge is -2.18.